The zero-order valence-electron chi connectivity index (χ0n) is 12.2. The van der Waals surface area contributed by atoms with Gasteiger partial charge in [-0.25, -0.2) is 4.98 Å². The fourth-order valence-electron chi connectivity index (χ4n) is 2.56. The summed E-state index contributed by atoms with van der Waals surface area (Å²) in [4.78, 5) is 4.73. The Balaban J connectivity index is 1.78. The van der Waals surface area contributed by atoms with Gasteiger partial charge in [-0.15, -0.1) is 0 Å². The molecule has 3 aromatic rings. The fraction of sp³-hybridized carbons (Fsp3) is 0.235. The number of hydrogen-bond acceptors (Lipinski definition) is 2. The minimum absolute atomic E-state index is 0.196. The zero-order chi connectivity index (χ0) is 14.8. The van der Waals surface area contributed by atoms with Crippen LogP contribution in [0, 0.1) is 0 Å². The molecule has 4 heteroatoms. The van der Waals surface area contributed by atoms with E-state index in [1.165, 1.54) is 11.1 Å². The van der Waals surface area contributed by atoms with Gasteiger partial charge in [-0.3, -0.25) is 0 Å². The van der Waals surface area contributed by atoms with Gasteiger partial charge in [-0.1, -0.05) is 40.2 Å². The van der Waals surface area contributed by atoms with Crippen LogP contribution in [0.4, 0.5) is 0 Å². The molecule has 0 aliphatic rings. The van der Waals surface area contributed by atoms with E-state index in [9.17, 15) is 0 Å². The third-order valence-electron chi connectivity index (χ3n) is 3.71. The molecule has 3 nitrogen and oxygen atoms in total. The van der Waals surface area contributed by atoms with Gasteiger partial charge < -0.3 is 9.88 Å². The summed E-state index contributed by atoms with van der Waals surface area (Å²) >= 11 is 3.50. The van der Waals surface area contributed by atoms with Crippen LogP contribution in [0.1, 0.15) is 24.4 Å². The summed E-state index contributed by atoms with van der Waals surface area (Å²) in [5.41, 5.74) is 3.48. The van der Waals surface area contributed by atoms with Crippen molar-refractivity contribution in [3.63, 3.8) is 0 Å². The quantitative estimate of drug-likeness (QED) is 0.769. The van der Waals surface area contributed by atoms with E-state index in [0.717, 1.165) is 22.4 Å². The Morgan fingerprint density at radius 2 is 2.00 bits per heavy atom. The van der Waals surface area contributed by atoms with E-state index in [0.29, 0.717) is 0 Å². The maximum Gasteiger partial charge on any atom is 0.126 e. The van der Waals surface area contributed by atoms with Gasteiger partial charge in [-0.2, -0.15) is 0 Å². The number of nitrogens with one attached hydrogen (secondary N) is 1. The van der Waals surface area contributed by atoms with Gasteiger partial charge in [0.2, 0.25) is 0 Å². The summed E-state index contributed by atoms with van der Waals surface area (Å²) in [5, 5.41) is 3.54. The Hall–Kier alpha value is -1.65. The number of imidazole rings is 1. The zero-order valence-corrected chi connectivity index (χ0v) is 13.8. The van der Waals surface area contributed by atoms with Crippen molar-refractivity contribution in [2.45, 2.75) is 19.5 Å². The number of aryl methyl sites for hydroxylation is 1. The van der Waals surface area contributed by atoms with Crippen molar-refractivity contribution in [3.05, 3.63) is 64.4 Å². The molecule has 0 saturated heterocycles. The van der Waals surface area contributed by atoms with Crippen molar-refractivity contribution in [1.29, 1.82) is 0 Å². The van der Waals surface area contributed by atoms with Gasteiger partial charge >= 0.3 is 0 Å². The van der Waals surface area contributed by atoms with Crippen LogP contribution >= 0.6 is 15.9 Å². The minimum Gasteiger partial charge on any atom is -0.330 e. The van der Waals surface area contributed by atoms with E-state index < -0.39 is 0 Å². The molecule has 1 aromatic heterocycles. The highest BCUT2D eigenvalue weighted by atomic mass is 79.9. The highest BCUT2D eigenvalue weighted by Crippen LogP contribution is 2.19. The smallest absolute Gasteiger partial charge is 0.126 e. The van der Waals surface area contributed by atoms with Gasteiger partial charge in [0.25, 0.3) is 0 Å². The Morgan fingerprint density at radius 3 is 2.76 bits per heavy atom. The van der Waals surface area contributed by atoms with E-state index in [4.69, 9.17) is 4.98 Å². The highest BCUT2D eigenvalue weighted by molar-refractivity contribution is 9.10. The molecule has 0 saturated carbocycles. The molecule has 0 aliphatic heterocycles. The standard InChI is InChI=1S/C17H18BrN3/c1-12(19-11-13-6-5-7-14(18)10-13)17-20-15-8-3-4-9-16(15)21(17)2/h3-10,12,19H,11H2,1-2H3. The van der Waals surface area contributed by atoms with Crippen LogP contribution < -0.4 is 5.32 Å². The third kappa shape index (κ3) is 3.01. The second-order valence-corrected chi connectivity index (χ2v) is 6.17. The van der Waals surface area contributed by atoms with Crippen molar-refractivity contribution in [1.82, 2.24) is 14.9 Å². The SMILES string of the molecule is CC(NCc1cccc(Br)c1)c1nc2ccccc2n1C. The Morgan fingerprint density at radius 1 is 1.19 bits per heavy atom. The van der Waals surface area contributed by atoms with Crippen molar-refractivity contribution >= 4 is 27.0 Å². The molecule has 1 unspecified atom stereocenters. The molecule has 3 rings (SSSR count). The molecule has 0 spiro atoms. The Bertz CT molecular complexity index is 764. The topological polar surface area (TPSA) is 29.9 Å². The maximum absolute atomic E-state index is 4.73. The molecule has 0 radical (unpaired) electrons. The first-order valence-electron chi connectivity index (χ1n) is 7.04. The van der Waals surface area contributed by atoms with Gasteiger partial charge in [0.1, 0.15) is 5.82 Å². The van der Waals surface area contributed by atoms with Gasteiger partial charge in [0, 0.05) is 18.1 Å². The molecule has 21 heavy (non-hydrogen) atoms. The van der Waals surface area contributed by atoms with Crippen molar-refractivity contribution in [3.8, 4) is 0 Å². The van der Waals surface area contributed by atoms with Crippen molar-refractivity contribution in [2.24, 2.45) is 7.05 Å². The minimum atomic E-state index is 0.196. The Kier molecular flexibility index (Phi) is 4.08. The van der Waals surface area contributed by atoms with Crippen LogP contribution in [0.15, 0.2) is 53.0 Å². The third-order valence-corrected chi connectivity index (χ3v) is 4.20. The van der Waals surface area contributed by atoms with Crippen LogP contribution in [-0.2, 0) is 13.6 Å². The molecular formula is C17H18BrN3. The van der Waals surface area contributed by atoms with E-state index in [2.05, 4.69) is 70.1 Å². The maximum atomic E-state index is 4.73. The number of nitrogens with zero attached hydrogens (tertiary/aromatic N) is 2. The van der Waals surface area contributed by atoms with Crippen LogP contribution in [0.25, 0.3) is 11.0 Å². The average molecular weight is 344 g/mol. The summed E-state index contributed by atoms with van der Waals surface area (Å²) in [6.07, 6.45) is 0. The van der Waals surface area contributed by atoms with E-state index in [1.54, 1.807) is 0 Å². The van der Waals surface area contributed by atoms with Crippen LogP contribution in [0.3, 0.4) is 0 Å². The van der Waals surface area contributed by atoms with E-state index in [-0.39, 0.29) is 6.04 Å². The van der Waals surface area contributed by atoms with Crippen LogP contribution in [0.2, 0.25) is 0 Å². The molecule has 108 valence electrons. The average Bonchev–Trinajstić information content (AvgIpc) is 2.83. The first kappa shape index (κ1) is 14.3. The second kappa shape index (κ2) is 6.00. The van der Waals surface area contributed by atoms with Crippen molar-refractivity contribution < 1.29 is 0 Å². The van der Waals surface area contributed by atoms with Crippen molar-refractivity contribution in [2.75, 3.05) is 0 Å². The highest BCUT2D eigenvalue weighted by Gasteiger charge is 2.13. The fourth-order valence-corrected chi connectivity index (χ4v) is 3.01. The molecule has 0 fully saturated rings. The number of fused-ring (bicyclic) bond motifs is 1. The summed E-state index contributed by atoms with van der Waals surface area (Å²) in [6, 6.07) is 16.8. The number of benzene rings is 2. The predicted octanol–water partition coefficient (Wildman–Crippen LogP) is 4.19. The molecule has 1 atom stereocenters. The summed E-state index contributed by atoms with van der Waals surface area (Å²) < 4.78 is 3.27. The lowest BCUT2D eigenvalue weighted by atomic mass is 10.2. The first-order valence-corrected chi connectivity index (χ1v) is 7.83. The van der Waals surface area contributed by atoms with E-state index >= 15 is 0 Å². The number of hydrogen-bond donors (Lipinski definition) is 1. The van der Waals surface area contributed by atoms with E-state index in [1.807, 2.05) is 18.2 Å². The number of para-hydroxylation sites is 2. The summed E-state index contributed by atoms with van der Waals surface area (Å²) in [5.74, 6) is 1.06. The lowest BCUT2D eigenvalue weighted by molar-refractivity contribution is 0.533. The Labute approximate surface area is 133 Å². The van der Waals surface area contributed by atoms with Gasteiger partial charge in [0.15, 0.2) is 0 Å². The number of aromatic nitrogens is 2. The van der Waals surface area contributed by atoms with Gasteiger partial charge in [-0.05, 0) is 36.8 Å². The number of halogens is 1. The van der Waals surface area contributed by atoms with Crippen LogP contribution in [0.5, 0.6) is 0 Å². The molecule has 1 N–H and O–H groups in total. The molecule has 2 aromatic carbocycles. The molecular weight excluding hydrogens is 326 g/mol. The lowest BCUT2D eigenvalue weighted by Crippen LogP contribution is -2.21. The normalized spacial score (nSPS) is 12.7. The molecule has 1 heterocycles. The van der Waals surface area contributed by atoms with Gasteiger partial charge in [0.05, 0.1) is 17.1 Å². The molecule has 0 amide bonds. The molecule has 0 bridgehead atoms. The van der Waals surface area contributed by atoms with Crippen LogP contribution in [-0.4, -0.2) is 9.55 Å². The lowest BCUT2D eigenvalue weighted by Gasteiger charge is -2.14. The molecule has 0 aliphatic carbocycles. The first-order chi connectivity index (χ1) is 10.1. The number of rotatable bonds is 4. The summed E-state index contributed by atoms with van der Waals surface area (Å²) in [7, 11) is 2.07. The predicted molar refractivity (Wildman–Crippen MR) is 90.1 cm³/mol. The summed E-state index contributed by atoms with van der Waals surface area (Å²) in [6.45, 7) is 2.98. The monoisotopic (exact) mass is 343 g/mol. The second-order valence-electron chi connectivity index (χ2n) is 5.25. The largest absolute Gasteiger partial charge is 0.330 e.